The molecule has 0 N–H and O–H groups in total. The third kappa shape index (κ3) is 5.47. The molecular weight excluding hydrogens is 689 g/mol. The normalized spacial score (nSPS) is 14.6. The highest BCUT2D eigenvalue weighted by Gasteiger charge is 2.25. The number of benzene rings is 2. The zero-order valence-electron chi connectivity index (χ0n) is 14.7. The van der Waals surface area contributed by atoms with E-state index in [2.05, 4.69) is 80.1 Å². The van der Waals surface area contributed by atoms with E-state index in [1.54, 1.807) is 18.2 Å². The van der Waals surface area contributed by atoms with Crippen LogP contribution in [-0.4, -0.2) is 31.6 Å². The maximum atomic E-state index is 12.2. The summed E-state index contributed by atoms with van der Waals surface area (Å²) in [7, 11) is 1.29. The fraction of sp³-hybridized carbons (Fsp3) is 0.105. The summed E-state index contributed by atoms with van der Waals surface area (Å²) in [5, 5.41) is 0. The van der Waals surface area contributed by atoms with Gasteiger partial charge in [-0.2, -0.15) is 0 Å². The van der Waals surface area contributed by atoms with Crippen LogP contribution in [0.5, 0.6) is 5.75 Å². The molecule has 0 unspecified atom stereocenters. The summed E-state index contributed by atoms with van der Waals surface area (Å²) in [6.45, 7) is -0.223. The van der Waals surface area contributed by atoms with Gasteiger partial charge in [-0.15, -0.1) is 0 Å². The number of carbonyl (C=O) groups is 2. The zero-order chi connectivity index (χ0) is 21.1. The lowest BCUT2D eigenvalue weighted by Gasteiger charge is -2.10. The summed E-state index contributed by atoms with van der Waals surface area (Å²) in [6.07, 6.45) is 1.61. The molecule has 0 atom stereocenters. The minimum atomic E-state index is -0.534. The summed E-state index contributed by atoms with van der Waals surface area (Å²) >= 11 is 12.5. The summed E-state index contributed by atoms with van der Waals surface area (Å²) in [6, 6.07) is 9.07. The summed E-state index contributed by atoms with van der Waals surface area (Å²) in [5.74, 6) is -0.338. The number of carbonyl (C=O) groups excluding carboxylic acids is 2. The number of methoxy groups -OCH3 is 1. The molecule has 2 aromatic rings. The van der Waals surface area contributed by atoms with Gasteiger partial charge in [0.1, 0.15) is 5.75 Å². The predicted molar refractivity (Wildman–Crippen MR) is 127 cm³/mol. The molecule has 0 aromatic heterocycles. The molecule has 0 fully saturated rings. The van der Waals surface area contributed by atoms with Crippen molar-refractivity contribution in [3.05, 3.63) is 64.1 Å². The van der Waals surface area contributed by atoms with Crippen LogP contribution in [0.15, 0.2) is 54.4 Å². The van der Waals surface area contributed by atoms with Crippen LogP contribution in [0.4, 0.5) is 0 Å². The molecule has 6 nitrogen and oxygen atoms in total. The van der Waals surface area contributed by atoms with Gasteiger partial charge in [-0.05, 0) is 112 Å². The summed E-state index contributed by atoms with van der Waals surface area (Å²) in [4.78, 5) is 27.8. The molecule has 1 heterocycles. The lowest BCUT2D eigenvalue weighted by molar-refractivity contribution is -0.143. The van der Waals surface area contributed by atoms with Crippen molar-refractivity contribution in [2.75, 3.05) is 13.7 Å². The second-order valence-electron chi connectivity index (χ2n) is 5.64. The first kappa shape index (κ1) is 22.4. The number of esters is 2. The van der Waals surface area contributed by atoms with Gasteiger partial charge in [0.2, 0.25) is 5.90 Å². The van der Waals surface area contributed by atoms with E-state index in [0.717, 1.165) is 8.04 Å². The number of aliphatic imine (C=N–C) groups is 1. The topological polar surface area (TPSA) is 74.2 Å². The highest BCUT2D eigenvalue weighted by molar-refractivity contribution is 14.1. The number of hydrogen-bond acceptors (Lipinski definition) is 6. The molecule has 0 bridgehead atoms. The summed E-state index contributed by atoms with van der Waals surface area (Å²) in [5.41, 5.74) is 1.56. The molecule has 1 aliphatic rings. The second-order valence-corrected chi connectivity index (χ2v) is 9.37. The quantitative estimate of drug-likeness (QED) is 0.235. The fourth-order valence-corrected chi connectivity index (χ4v) is 4.48. The van der Waals surface area contributed by atoms with Crippen molar-refractivity contribution in [1.29, 1.82) is 0 Å². The van der Waals surface area contributed by atoms with E-state index < -0.39 is 11.9 Å². The lowest BCUT2D eigenvalue weighted by Crippen LogP contribution is -2.13. The predicted octanol–water partition coefficient (Wildman–Crippen LogP) is 5.48. The molecule has 0 radical (unpaired) electrons. The molecule has 0 saturated heterocycles. The Labute approximate surface area is 205 Å². The number of hydrogen-bond donors (Lipinski definition) is 0. The lowest BCUT2D eigenvalue weighted by atomic mass is 10.2. The molecular formula is C19H11Br3INO5. The first-order valence-electron chi connectivity index (χ1n) is 7.95. The van der Waals surface area contributed by atoms with E-state index in [1.807, 2.05) is 18.2 Å². The Morgan fingerprint density at radius 1 is 1.17 bits per heavy atom. The van der Waals surface area contributed by atoms with Crippen LogP contribution < -0.4 is 4.74 Å². The van der Waals surface area contributed by atoms with Gasteiger partial charge >= 0.3 is 11.9 Å². The summed E-state index contributed by atoms with van der Waals surface area (Å²) < 4.78 is 18.4. The Morgan fingerprint density at radius 2 is 1.86 bits per heavy atom. The van der Waals surface area contributed by atoms with E-state index in [-0.39, 0.29) is 18.2 Å². The molecule has 3 rings (SSSR count). The Hall–Kier alpha value is -1.24. The van der Waals surface area contributed by atoms with Crippen molar-refractivity contribution < 1.29 is 23.8 Å². The molecule has 1 aliphatic heterocycles. The Bertz CT molecular complexity index is 1040. The zero-order valence-corrected chi connectivity index (χ0v) is 21.6. The van der Waals surface area contributed by atoms with E-state index in [1.165, 1.54) is 7.11 Å². The van der Waals surface area contributed by atoms with Crippen molar-refractivity contribution in [2.45, 2.75) is 0 Å². The molecule has 2 aromatic carbocycles. The minimum Gasteiger partial charge on any atom is -0.480 e. The molecule has 0 spiro atoms. The van der Waals surface area contributed by atoms with Crippen LogP contribution in [0.3, 0.4) is 0 Å². The minimum absolute atomic E-state index is 0.178. The van der Waals surface area contributed by atoms with Crippen LogP contribution in [0.2, 0.25) is 0 Å². The number of ether oxygens (including phenoxy) is 3. The number of nitrogens with zero attached hydrogens (tertiary/aromatic N) is 1. The van der Waals surface area contributed by atoms with Gasteiger partial charge in [-0.25, -0.2) is 14.6 Å². The van der Waals surface area contributed by atoms with Crippen LogP contribution in [0, 0.1) is 3.57 Å². The van der Waals surface area contributed by atoms with Crippen LogP contribution in [0.1, 0.15) is 11.1 Å². The van der Waals surface area contributed by atoms with Gasteiger partial charge in [0.25, 0.3) is 0 Å². The SMILES string of the molecule is COC(=O)COc1c(Br)cc(/C=C2\N=C(c3ccc(I)c(Br)c3)OC2=O)cc1Br. The van der Waals surface area contributed by atoms with Gasteiger partial charge in [-0.1, -0.05) is 0 Å². The maximum Gasteiger partial charge on any atom is 0.363 e. The first-order valence-corrected chi connectivity index (χ1v) is 11.4. The number of rotatable bonds is 5. The molecule has 10 heteroatoms. The average Bonchev–Trinajstić information content (AvgIpc) is 3.03. The largest absolute Gasteiger partial charge is 0.480 e. The van der Waals surface area contributed by atoms with Gasteiger partial charge in [0.05, 0.1) is 16.1 Å². The molecule has 0 aliphatic carbocycles. The Morgan fingerprint density at radius 3 is 2.48 bits per heavy atom. The van der Waals surface area contributed by atoms with Crippen molar-refractivity contribution in [1.82, 2.24) is 0 Å². The molecule has 0 amide bonds. The average molecular weight is 700 g/mol. The molecule has 150 valence electrons. The van der Waals surface area contributed by atoms with E-state index >= 15 is 0 Å². The van der Waals surface area contributed by atoms with E-state index in [0.29, 0.717) is 25.8 Å². The standard InChI is InChI=1S/C19H11Br3INO5/c1-27-16(25)8-28-17-12(21)4-9(5-13(17)22)6-15-19(26)29-18(24-15)10-2-3-14(23)11(20)7-10/h2-7H,8H2,1H3/b15-6-. The van der Waals surface area contributed by atoms with E-state index in [9.17, 15) is 9.59 Å². The fourth-order valence-electron chi connectivity index (χ4n) is 2.31. The Kier molecular flexibility index (Phi) is 7.52. The van der Waals surface area contributed by atoms with Gasteiger partial charge in [0.15, 0.2) is 12.3 Å². The van der Waals surface area contributed by atoms with Crippen molar-refractivity contribution in [2.24, 2.45) is 4.99 Å². The number of cyclic esters (lactones) is 1. The van der Waals surface area contributed by atoms with Gasteiger partial charge in [-0.3, -0.25) is 0 Å². The third-order valence-electron chi connectivity index (χ3n) is 3.67. The smallest absolute Gasteiger partial charge is 0.363 e. The monoisotopic (exact) mass is 697 g/mol. The third-order valence-corrected chi connectivity index (χ3v) is 7.19. The maximum absolute atomic E-state index is 12.2. The Balaban J connectivity index is 1.87. The second kappa shape index (κ2) is 9.71. The van der Waals surface area contributed by atoms with Crippen molar-refractivity contribution in [3.63, 3.8) is 0 Å². The van der Waals surface area contributed by atoms with Crippen LogP contribution in [-0.2, 0) is 19.1 Å². The van der Waals surface area contributed by atoms with E-state index in [4.69, 9.17) is 9.47 Å². The molecule has 0 saturated carbocycles. The van der Waals surface area contributed by atoms with Gasteiger partial charge in [0, 0.05) is 13.6 Å². The van der Waals surface area contributed by atoms with Crippen LogP contribution >= 0.6 is 70.4 Å². The van der Waals surface area contributed by atoms with Crippen molar-refractivity contribution >= 4 is 94.3 Å². The highest BCUT2D eigenvalue weighted by Crippen LogP contribution is 2.36. The molecule has 29 heavy (non-hydrogen) atoms. The van der Waals surface area contributed by atoms with Crippen LogP contribution in [0.25, 0.3) is 6.08 Å². The first-order chi connectivity index (χ1) is 13.8. The number of halogens is 4. The van der Waals surface area contributed by atoms with Crippen molar-refractivity contribution in [3.8, 4) is 5.75 Å². The highest BCUT2D eigenvalue weighted by atomic mass is 127. The van der Waals surface area contributed by atoms with Gasteiger partial charge < -0.3 is 14.2 Å².